The van der Waals surface area contributed by atoms with Crippen molar-refractivity contribution < 1.29 is 57.2 Å². The molecule has 0 aromatic heterocycles. The summed E-state index contributed by atoms with van der Waals surface area (Å²) >= 11 is 0. The van der Waals surface area contributed by atoms with Gasteiger partial charge in [-0.25, -0.2) is 9.59 Å². The Balaban J connectivity index is 0.000000320. The van der Waals surface area contributed by atoms with Crippen molar-refractivity contribution in [2.24, 2.45) is 11.8 Å². The Morgan fingerprint density at radius 3 is 1.22 bits per heavy atom. The molecular formula is C18H34O12P2. The van der Waals surface area contributed by atoms with E-state index in [9.17, 15) is 18.7 Å². The zero-order valence-electron chi connectivity index (χ0n) is 18.7. The molecule has 32 heavy (non-hydrogen) atoms. The van der Waals surface area contributed by atoms with Crippen LogP contribution in [0.3, 0.4) is 0 Å². The molecule has 2 fully saturated rings. The molecular weight excluding hydrogens is 470 g/mol. The van der Waals surface area contributed by atoms with E-state index in [1.54, 1.807) is 0 Å². The zero-order chi connectivity index (χ0) is 24.7. The maximum Gasteiger partial charge on any atom is 0.365 e. The molecule has 0 spiro atoms. The van der Waals surface area contributed by atoms with Gasteiger partial charge in [-0.2, -0.15) is 0 Å². The van der Waals surface area contributed by atoms with Crippen molar-refractivity contribution in [3.05, 3.63) is 0 Å². The highest BCUT2D eigenvalue weighted by atomic mass is 31.2. The molecule has 0 saturated heterocycles. The van der Waals surface area contributed by atoms with Crippen LogP contribution in [0.1, 0.15) is 52.4 Å². The average Bonchev–Trinajstić information content (AvgIpc) is 3.29. The number of carbonyl (C=O) groups is 2. The van der Waals surface area contributed by atoms with Crippen molar-refractivity contribution in [3.8, 4) is 0 Å². The number of rotatable bonds is 8. The van der Waals surface area contributed by atoms with Crippen LogP contribution in [0.2, 0.25) is 0 Å². The van der Waals surface area contributed by atoms with E-state index in [0.29, 0.717) is 37.5 Å². The van der Waals surface area contributed by atoms with Crippen LogP contribution in [0.4, 0.5) is 0 Å². The third-order valence-electron chi connectivity index (χ3n) is 5.35. The first-order valence-corrected chi connectivity index (χ1v) is 13.6. The number of ether oxygens (including phenoxy) is 4. The first kappa shape index (κ1) is 29.2. The lowest BCUT2D eigenvalue weighted by Gasteiger charge is -2.20. The van der Waals surface area contributed by atoms with Crippen LogP contribution in [0.15, 0.2) is 0 Å². The Labute approximate surface area is 187 Å². The quantitative estimate of drug-likeness (QED) is 0.277. The SMILES string of the molecule is COC(=O)C(O[C@@H]1CC[C@H](C)C1)P(=O)(O)O.COC(=O)C(O[C@@H]1CC[C@H](C)C1)P(=O)(O)O. The molecule has 0 aliphatic heterocycles. The highest BCUT2D eigenvalue weighted by Gasteiger charge is 2.42. The molecule has 0 radical (unpaired) electrons. The van der Waals surface area contributed by atoms with Crippen molar-refractivity contribution in [1.82, 2.24) is 0 Å². The van der Waals surface area contributed by atoms with E-state index in [-0.39, 0.29) is 12.2 Å². The smallest absolute Gasteiger partial charge is 0.365 e. The second-order valence-electron chi connectivity index (χ2n) is 8.28. The van der Waals surface area contributed by atoms with Gasteiger partial charge < -0.3 is 38.5 Å². The summed E-state index contributed by atoms with van der Waals surface area (Å²) in [4.78, 5) is 58.3. The second-order valence-corrected chi connectivity index (χ2v) is 11.6. The van der Waals surface area contributed by atoms with Gasteiger partial charge >= 0.3 is 27.1 Å². The highest BCUT2D eigenvalue weighted by molar-refractivity contribution is 7.53. The molecule has 188 valence electrons. The van der Waals surface area contributed by atoms with Crippen LogP contribution in [-0.4, -0.2) is 69.6 Å². The fraction of sp³-hybridized carbons (Fsp3) is 0.889. The van der Waals surface area contributed by atoms with E-state index in [0.717, 1.165) is 27.1 Å². The Bertz CT molecular complexity index is 657. The Hall–Kier alpha value is -0.840. The van der Waals surface area contributed by atoms with Gasteiger partial charge in [-0.1, -0.05) is 13.8 Å². The molecule has 2 rings (SSSR count). The molecule has 2 saturated carbocycles. The maximum absolute atomic E-state index is 11.2. The summed E-state index contributed by atoms with van der Waals surface area (Å²) in [6.07, 6.45) is 4.21. The minimum Gasteiger partial charge on any atom is -0.467 e. The van der Waals surface area contributed by atoms with Gasteiger partial charge in [0, 0.05) is 0 Å². The summed E-state index contributed by atoms with van der Waals surface area (Å²) in [5.41, 5.74) is 0. The second kappa shape index (κ2) is 12.6. The third kappa shape index (κ3) is 9.57. The van der Waals surface area contributed by atoms with Gasteiger partial charge in [0.1, 0.15) is 0 Å². The summed E-state index contributed by atoms with van der Waals surface area (Å²) in [5, 5.41) is 0. The molecule has 0 aromatic rings. The monoisotopic (exact) mass is 504 g/mol. The molecule has 2 aliphatic carbocycles. The topological polar surface area (TPSA) is 186 Å². The minimum absolute atomic E-state index is 0.272. The molecule has 4 N–H and O–H groups in total. The van der Waals surface area contributed by atoms with Gasteiger partial charge in [0.05, 0.1) is 26.4 Å². The van der Waals surface area contributed by atoms with Gasteiger partial charge in [0.15, 0.2) is 0 Å². The first-order valence-electron chi connectivity index (χ1n) is 10.3. The predicted molar refractivity (Wildman–Crippen MR) is 111 cm³/mol. The molecule has 2 unspecified atom stereocenters. The fourth-order valence-corrected chi connectivity index (χ4v) is 5.09. The standard InChI is InChI=1S/2C9H17O6P/c2*1-6-3-4-7(5-6)15-9(8(10)14-2)16(11,12)13/h2*6-7,9H,3-5H2,1-2H3,(H2,11,12,13)/t2*6-,7+,9?/m00/s1. The van der Waals surface area contributed by atoms with Gasteiger partial charge in [-0.05, 0) is 50.4 Å². The van der Waals surface area contributed by atoms with Gasteiger partial charge in [-0.3, -0.25) is 9.13 Å². The van der Waals surface area contributed by atoms with Crippen molar-refractivity contribution >= 4 is 27.1 Å². The van der Waals surface area contributed by atoms with Gasteiger partial charge in [-0.15, -0.1) is 0 Å². The Morgan fingerprint density at radius 2 is 1.03 bits per heavy atom. The molecule has 0 bridgehead atoms. The lowest BCUT2D eigenvalue weighted by atomic mass is 10.1. The number of hydrogen-bond acceptors (Lipinski definition) is 8. The molecule has 6 atom stereocenters. The predicted octanol–water partition coefficient (Wildman–Crippen LogP) is 1.74. The molecule has 2 aliphatic rings. The van der Waals surface area contributed by atoms with Crippen LogP contribution >= 0.6 is 15.2 Å². The van der Waals surface area contributed by atoms with E-state index in [2.05, 4.69) is 9.47 Å². The van der Waals surface area contributed by atoms with Crippen LogP contribution in [0, 0.1) is 11.8 Å². The van der Waals surface area contributed by atoms with Crippen molar-refractivity contribution in [2.75, 3.05) is 14.2 Å². The average molecular weight is 504 g/mol. The molecule has 12 nitrogen and oxygen atoms in total. The van der Waals surface area contributed by atoms with E-state index < -0.39 is 38.8 Å². The fourth-order valence-electron chi connectivity index (χ4n) is 3.67. The largest absolute Gasteiger partial charge is 0.467 e. The van der Waals surface area contributed by atoms with Gasteiger partial charge in [0.25, 0.3) is 11.7 Å². The van der Waals surface area contributed by atoms with Crippen LogP contribution in [-0.2, 0) is 37.7 Å². The normalized spacial score (nSPS) is 27.8. The number of esters is 2. The summed E-state index contributed by atoms with van der Waals surface area (Å²) in [7, 11) is -7.08. The van der Waals surface area contributed by atoms with Crippen molar-refractivity contribution in [2.45, 2.75) is 76.3 Å². The molecule has 14 heteroatoms. The lowest BCUT2D eigenvalue weighted by molar-refractivity contribution is -0.153. The van der Waals surface area contributed by atoms with E-state index in [1.807, 2.05) is 13.8 Å². The molecule has 0 heterocycles. The van der Waals surface area contributed by atoms with Crippen LogP contribution in [0.25, 0.3) is 0 Å². The van der Waals surface area contributed by atoms with Crippen molar-refractivity contribution in [3.63, 3.8) is 0 Å². The van der Waals surface area contributed by atoms with E-state index >= 15 is 0 Å². The highest BCUT2D eigenvalue weighted by Crippen LogP contribution is 2.45. The van der Waals surface area contributed by atoms with Crippen LogP contribution < -0.4 is 0 Å². The number of methoxy groups -OCH3 is 2. The third-order valence-corrected chi connectivity index (χ3v) is 7.24. The lowest BCUT2D eigenvalue weighted by Crippen LogP contribution is -2.29. The van der Waals surface area contributed by atoms with Gasteiger partial charge in [0.2, 0.25) is 0 Å². The van der Waals surface area contributed by atoms with E-state index in [4.69, 9.17) is 29.0 Å². The zero-order valence-corrected chi connectivity index (χ0v) is 20.4. The Morgan fingerprint density at radius 1 is 0.719 bits per heavy atom. The molecule has 0 aromatic carbocycles. The van der Waals surface area contributed by atoms with Crippen LogP contribution in [0.5, 0.6) is 0 Å². The maximum atomic E-state index is 11.2. The summed E-state index contributed by atoms with van der Waals surface area (Å²) in [6.45, 7) is 4.07. The number of carbonyl (C=O) groups excluding carboxylic acids is 2. The van der Waals surface area contributed by atoms with E-state index in [1.165, 1.54) is 0 Å². The minimum atomic E-state index is -4.62. The first-order chi connectivity index (χ1) is 14.7. The molecule has 0 amide bonds. The summed E-state index contributed by atoms with van der Waals surface area (Å²) in [5.74, 6) is -4.69. The summed E-state index contributed by atoms with van der Waals surface area (Å²) in [6, 6.07) is 0. The Kier molecular flexibility index (Phi) is 11.5. The summed E-state index contributed by atoms with van der Waals surface area (Å²) < 4.78 is 41.1. The number of hydrogen-bond donors (Lipinski definition) is 4. The van der Waals surface area contributed by atoms with Crippen molar-refractivity contribution in [1.29, 1.82) is 0 Å².